The van der Waals surface area contributed by atoms with E-state index in [1.54, 1.807) is 6.20 Å². The van der Waals surface area contributed by atoms with Crippen LogP contribution in [0.1, 0.15) is 26.0 Å². The predicted molar refractivity (Wildman–Crippen MR) is 78.9 cm³/mol. The number of anilines is 1. The third kappa shape index (κ3) is 5.60. The Morgan fingerprint density at radius 3 is 2.74 bits per heavy atom. The van der Waals surface area contributed by atoms with Crippen molar-refractivity contribution in [3.05, 3.63) is 18.1 Å². The van der Waals surface area contributed by atoms with Gasteiger partial charge in [0.15, 0.2) is 5.82 Å². The Bertz CT molecular complexity index is 450. The lowest BCUT2D eigenvalue weighted by atomic mass is 10.2. The molecule has 104 valence electrons. The molecule has 0 radical (unpaired) electrons. The molecule has 4 N–H and O–H groups in total. The quantitative estimate of drug-likeness (QED) is 0.637. The Morgan fingerprint density at radius 2 is 2.11 bits per heavy atom. The summed E-state index contributed by atoms with van der Waals surface area (Å²) < 4.78 is 0. The van der Waals surface area contributed by atoms with Crippen molar-refractivity contribution >= 4 is 28.9 Å². The number of aromatic nitrogens is 2. The van der Waals surface area contributed by atoms with Crippen molar-refractivity contribution in [2.75, 3.05) is 18.4 Å². The van der Waals surface area contributed by atoms with Crippen LogP contribution >= 0.6 is 12.2 Å². The number of nitrogens with zero attached hydrogens (tertiary/aromatic N) is 2. The van der Waals surface area contributed by atoms with E-state index in [1.807, 2.05) is 13.8 Å². The van der Waals surface area contributed by atoms with Crippen LogP contribution in [0.2, 0.25) is 0 Å². The highest BCUT2D eigenvalue weighted by molar-refractivity contribution is 7.80. The molecule has 0 saturated carbocycles. The number of thiocarbonyl (C=S) groups is 1. The van der Waals surface area contributed by atoms with Crippen LogP contribution in [-0.2, 0) is 4.79 Å². The molecule has 1 amide bonds. The molecule has 0 spiro atoms. The molecule has 19 heavy (non-hydrogen) atoms. The van der Waals surface area contributed by atoms with Gasteiger partial charge in [-0.05, 0) is 5.92 Å². The number of carbonyl (C=O) groups excluding carboxylic acids is 1. The second kappa shape index (κ2) is 7.63. The van der Waals surface area contributed by atoms with Crippen LogP contribution in [0, 0.1) is 5.92 Å². The van der Waals surface area contributed by atoms with Gasteiger partial charge >= 0.3 is 0 Å². The summed E-state index contributed by atoms with van der Waals surface area (Å²) >= 11 is 4.88. The van der Waals surface area contributed by atoms with Gasteiger partial charge in [-0.25, -0.2) is 9.97 Å². The smallest absolute Gasteiger partial charge is 0.221 e. The predicted octanol–water partition coefficient (Wildman–Crippen LogP) is 0.685. The van der Waals surface area contributed by atoms with E-state index < -0.39 is 0 Å². The van der Waals surface area contributed by atoms with Crippen molar-refractivity contribution < 1.29 is 4.79 Å². The summed E-state index contributed by atoms with van der Waals surface area (Å²) in [7, 11) is 0. The van der Waals surface area contributed by atoms with E-state index in [0.717, 1.165) is 0 Å². The fourth-order valence-electron chi connectivity index (χ4n) is 1.35. The maximum absolute atomic E-state index is 11.5. The Kier molecular flexibility index (Phi) is 6.14. The van der Waals surface area contributed by atoms with Crippen molar-refractivity contribution in [2.45, 2.75) is 20.3 Å². The van der Waals surface area contributed by atoms with E-state index in [2.05, 4.69) is 20.6 Å². The average Bonchev–Trinajstić information content (AvgIpc) is 2.36. The van der Waals surface area contributed by atoms with Gasteiger partial charge in [0.05, 0.1) is 0 Å². The van der Waals surface area contributed by atoms with E-state index >= 15 is 0 Å². The monoisotopic (exact) mass is 281 g/mol. The fourth-order valence-corrected chi connectivity index (χ4v) is 1.50. The van der Waals surface area contributed by atoms with E-state index in [0.29, 0.717) is 36.9 Å². The number of nitrogens with two attached hydrogens (primary N) is 1. The third-order valence-electron chi connectivity index (χ3n) is 2.28. The lowest BCUT2D eigenvalue weighted by molar-refractivity contribution is -0.120. The maximum atomic E-state index is 11.5. The lowest BCUT2D eigenvalue weighted by Crippen LogP contribution is -2.29. The van der Waals surface area contributed by atoms with Gasteiger partial charge in [-0.15, -0.1) is 0 Å². The van der Waals surface area contributed by atoms with Crippen molar-refractivity contribution in [3.8, 4) is 0 Å². The summed E-state index contributed by atoms with van der Waals surface area (Å²) in [6, 6.07) is 0. The van der Waals surface area contributed by atoms with Crippen LogP contribution in [0.15, 0.2) is 12.4 Å². The SMILES string of the molecule is CC(C)CNC(=O)CCNc1nccnc1C(N)=S. The molecule has 0 aliphatic rings. The van der Waals surface area contributed by atoms with Crippen LogP contribution in [0.4, 0.5) is 5.82 Å². The molecule has 1 aromatic heterocycles. The van der Waals surface area contributed by atoms with Crippen LogP contribution in [0.25, 0.3) is 0 Å². The number of rotatable bonds is 7. The van der Waals surface area contributed by atoms with Gasteiger partial charge < -0.3 is 16.4 Å². The molecule has 0 saturated heterocycles. The number of amides is 1. The topological polar surface area (TPSA) is 92.9 Å². The summed E-state index contributed by atoms with van der Waals surface area (Å²) in [4.78, 5) is 19.8. The molecule has 0 aliphatic carbocycles. The summed E-state index contributed by atoms with van der Waals surface area (Å²) in [6.45, 7) is 5.24. The summed E-state index contributed by atoms with van der Waals surface area (Å²) in [6.07, 6.45) is 3.43. The second-order valence-corrected chi connectivity index (χ2v) is 4.93. The third-order valence-corrected chi connectivity index (χ3v) is 2.48. The van der Waals surface area contributed by atoms with Gasteiger partial charge in [0.25, 0.3) is 0 Å². The van der Waals surface area contributed by atoms with Gasteiger partial charge in [-0.1, -0.05) is 26.1 Å². The molecule has 0 bridgehead atoms. The first-order chi connectivity index (χ1) is 9.00. The van der Waals surface area contributed by atoms with Crippen LogP contribution in [0.5, 0.6) is 0 Å². The Balaban J connectivity index is 2.41. The summed E-state index contributed by atoms with van der Waals surface area (Å²) in [5.41, 5.74) is 5.98. The largest absolute Gasteiger partial charge is 0.388 e. The first-order valence-electron chi connectivity index (χ1n) is 6.12. The van der Waals surface area contributed by atoms with Gasteiger partial charge in [-0.2, -0.15) is 0 Å². The molecule has 0 aliphatic heterocycles. The minimum absolute atomic E-state index is 0.00182. The van der Waals surface area contributed by atoms with E-state index in [9.17, 15) is 4.79 Å². The van der Waals surface area contributed by atoms with Gasteiger partial charge in [0.2, 0.25) is 5.91 Å². The molecule has 0 fully saturated rings. The number of nitrogens with one attached hydrogen (secondary N) is 2. The highest BCUT2D eigenvalue weighted by Crippen LogP contribution is 2.07. The van der Waals surface area contributed by atoms with Gasteiger partial charge in [0, 0.05) is 31.9 Å². The molecule has 0 atom stereocenters. The molecule has 6 nitrogen and oxygen atoms in total. The standard InChI is InChI=1S/C12H19N5OS/c1-8(2)7-17-9(18)3-4-15-12-10(11(13)19)14-5-6-16-12/h5-6,8H,3-4,7H2,1-2H3,(H2,13,19)(H,15,16)(H,17,18). The number of carbonyl (C=O) groups is 1. The molecular formula is C12H19N5OS. The Hall–Kier alpha value is -1.76. The van der Waals surface area contributed by atoms with Gasteiger partial charge in [0.1, 0.15) is 10.7 Å². The molecule has 0 aromatic carbocycles. The van der Waals surface area contributed by atoms with Crippen molar-refractivity contribution in [2.24, 2.45) is 11.7 Å². The van der Waals surface area contributed by atoms with Gasteiger partial charge in [-0.3, -0.25) is 4.79 Å². The molecular weight excluding hydrogens is 262 g/mol. The normalized spacial score (nSPS) is 10.3. The Labute approximate surface area is 118 Å². The van der Waals surface area contributed by atoms with Crippen LogP contribution < -0.4 is 16.4 Å². The van der Waals surface area contributed by atoms with E-state index in [4.69, 9.17) is 18.0 Å². The summed E-state index contributed by atoms with van der Waals surface area (Å²) in [5, 5.41) is 5.85. The highest BCUT2D eigenvalue weighted by Gasteiger charge is 2.08. The zero-order valence-electron chi connectivity index (χ0n) is 11.1. The van der Waals surface area contributed by atoms with Crippen molar-refractivity contribution in [1.29, 1.82) is 0 Å². The molecule has 7 heteroatoms. The van der Waals surface area contributed by atoms with Crippen molar-refractivity contribution in [3.63, 3.8) is 0 Å². The van der Waals surface area contributed by atoms with E-state index in [1.165, 1.54) is 6.20 Å². The molecule has 1 aromatic rings. The fraction of sp³-hybridized carbons (Fsp3) is 0.500. The zero-order chi connectivity index (χ0) is 14.3. The Morgan fingerprint density at radius 1 is 1.42 bits per heavy atom. The first kappa shape index (κ1) is 15.3. The molecule has 1 heterocycles. The van der Waals surface area contributed by atoms with E-state index in [-0.39, 0.29) is 10.9 Å². The van der Waals surface area contributed by atoms with Crippen LogP contribution in [-0.4, -0.2) is 34.0 Å². The summed E-state index contributed by atoms with van der Waals surface area (Å²) in [5.74, 6) is 0.951. The first-order valence-corrected chi connectivity index (χ1v) is 6.53. The minimum Gasteiger partial charge on any atom is -0.388 e. The zero-order valence-corrected chi connectivity index (χ0v) is 12.0. The molecule has 0 unspecified atom stereocenters. The maximum Gasteiger partial charge on any atom is 0.221 e. The average molecular weight is 281 g/mol. The lowest BCUT2D eigenvalue weighted by Gasteiger charge is -2.10. The second-order valence-electron chi connectivity index (χ2n) is 4.49. The minimum atomic E-state index is 0.00182. The number of hydrogen-bond donors (Lipinski definition) is 3. The highest BCUT2D eigenvalue weighted by atomic mass is 32.1. The molecule has 1 rings (SSSR count). The van der Waals surface area contributed by atoms with Crippen LogP contribution in [0.3, 0.4) is 0 Å². The van der Waals surface area contributed by atoms with Crippen molar-refractivity contribution in [1.82, 2.24) is 15.3 Å². The number of hydrogen-bond acceptors (Lipinski definition) is 5.